The molecule has 106 valence electrons. The van der Waals surface area contributed by atoms with Crippen LogP contribution in [0.4, 0.5) is 13.2 Å². The number of carbonyl (C=O) groups is 1. The van der Waals surface area contributed by atoms with Crippen molar-refractivity contribution < 1.29 is 27.8 Å². The maximum Gasteiger partial charge on any atom is 0.415 e. The highest BCUT2D eigenvalue weighted by molar-refractivity contribution is 5.71. The van der Waals surface area contributed by atoms with Crippen molar-refractivity contribution >= 4 is 5.97 Å². The van der Waals surface area contributed by atoms with E-state index in [9.17, 15) is 18.0 Å². The summed E-state index contributed by atoms with van der Waals surface area (Å²) in [5.41, 5.74) is 0. The van der Waals surface area contributed by atoms with Gasteiger partial charge in [0, 0.05) is 32.7 Å². The number of halogens is 3. The van der Waals surface area contributed by atoms with Crippen LogP contribution in [0, 0.1) is 0 Å². The van der Waals surface area contributed by atoms with E-state index in [2.05, 4.69) is 4.74 Å². The minimum Gasteiger partial charge on any atom is -0.468 e. The van der Waals surface area contributed by atoms with Gasteiger partial charge in [0.05, 0.1) is 13.7 Å². The molecular formula is C10H17F3N2O3. The zero-order chi connectivity index (χ0) is 13.8. The fourth-order valence-corrected chi connectivity index (χ4v) is 1.73. The van der Waals surface area contributed by atoms with Crippen LogP contribution in [0.5, 0.6) is 0 Å². The molecule has 0 unspecified atom stereocenters. The van der Waals surface area contributed by atoms with Gasteiger partial charge in [0.25, 0.3) is 0 Å². The second-order valence-corrected chi connectivity index (χ2v) is 4.21. The molecule has 1 rings (SSSR count). The number of carbonyl (C=O) groups excluding carboxylic acids is 1. The highest BCUT2D eigenvalue weighted by Gasteiger charge is 2.39. The fourth-order valence-electron chi connectivity index (χ4n) is 1.73. The molecule has 0 radical (unpaired) electrons. The topological polar surface area (TPSA) is 53.0 Å². The Bertz CT molecular complexity index is 278. The highest BCUT2D eigenvalue weighted by atomic mass is 19.4. The van der Waals surface area contributed by atoms with Gasteiger partial charge in [-0.25, -0.2) is 0 Å². The number of alkyl halides is 3. The second-order valence-electron chi connectivity index (χ2n) is 4.21. The summed E-state index contributed by atoms with van der Waals surface area (Å²) in [6.45, 7) is 1.48. The SMILES string of the molecule is COC(=O)CN1CCN(C[C@H](O)C(F)(F)F)CC1. The number of esters is 1. The third-order valence-corrected chi connectivity index (χ3v) is 2.85. The molecule has 1 atom stereocenters. The lowest BCUT2D eigenvalue weighted by Crippen LogP contribution is -2.51. The fraction of sp³-hybridized carbons (Fsp3) is 0.900. The number of rotatable bonds is 4. The van der Waals surface area contributed by atoms with Crippen molar-refractivity contribution in [2.45, 2.75) is 12.3 Å². The molecule has 1 saturated heterocycles. The number of aliphatic hydroxyl groups excluding tert-OH is 1. The van der Waals surface area contributed by atoms with E-state index in [0.29, 0.717) is 26.2 Å². The molecule has 0 aromatic carbocycles. The summed E-state index contributed by atoms with van der Waals surface area (Å²) in [7, 11) is 1.29. The molecule has 1 fully saturated rings. The third-order valence-electron chi connectivity index (χ3n) is 2.85. The summed E-state index contributed by atoms with van der Waals surface area (Å²) in [5.74, 6) is -0.362. The molecule has 0 aliphatic carbocycles. The van der Waals surface area contributed by atoms with Crippen molar-refractivity contribution in [3.8, 4) is 0 Å². The molecule has 0 bridgehead atoms. The first-order chi connectivity index (χ1) is 8.32. The van der Waals surface area contributed by atoms with Gasteiger partial charge in [0.1, 0.15) is 0 Å². The first-order valence-electron chi connectivity index (χ1n) is 5.59. The zero-order valence-corrected chi connectivity index (χ0v) is 10.1. The molecule has 0 spiro atoms. The Morgan fingerprint density at radius 3 is 2.22 bits per heavy atom. The van der Waals surface area contributed by atoms with E-state index in [1.807, 2.05) is 4.90 Å². The Morgan fingerprint density at radius 2 is 1.78 bits per heavy atom. The van der Waals surface area contributed by atoms with Gasteiger partial charge in [0.15, 0.2) is 6.10 Å². The second kappa shape index (κ2) is 6.35. The van der Waals surface area contributed by atoms with Crippen LogP contribution in [0.25, 0.3) is 0 Å². The van der Waals surface area contributed by atoms with Crippen LogP contribution < -0.4 is 0 Å². The molecule has 8 heteroatoms. The third kappa shape index (κ3) is 4.79. The predicted molar refractivity (Wildman–Crippen MR) is 57.0 cm³/mol. The number of aliphatic hydroxyl groups is 1. The summed E-state index contributed by atoms with van der Waals surface area (Å²) < 4.78 is 41.0. The lowest BCUT2D eigenvalue weighted by molar-refractivity contribution is -0.208. The van der Waals surface area contributed by atoms with Crippen LogP contribution in [0.1, 0.15) is 0 Å². The van der Waals surface area contributed by atoms with E-state index in [1.165, 1.54) is 12.0 Å². The lowest BCUT2D eigenvalue weighted by Gasteiger charge is -2.35. The number of β-amino-alcohol motifs (C(OH)–C–C–N with tert-alkyl or cyclic N) is 1. The maximum absolute atomic E-state index is 12.2. The normalized spacial score (nSPS) is 20.7. The Hall–Kier alpha value is -0.860. The molecule has 18 heavy (non-hydrogen) atoms. The number of methoxy groups -OCH3 is 1. The van der Waals surface area contributed by atoms with Crippen LogP contribution >= 0.6 is 0 Å². The van der Waals surface area contributed by atoms with E-state index in [-0.39, 0.29) is 12.5 Å². The van der Waals surface area contributed by atoms with Gasteiger partial charge < -0.3 is 9.84 Å². The number of hydrogen-bond donors (Lipinski definition) is 1. The van der Waals surface area contributed by atoms with Gasteiger partial charge >= 0.3 is 12.1 Å². The van der Waals surface area contributed by atoms with E-state index in [4.69, 9.17) is 5.11 Å². The molecule has 0 aromatic heterocycles. The van der Waals surface area contributed by atoms with Gasteiger partial charge in [-0.3, -0.25) is 14.6 Å². The number of ether oxygens (including phenoxy) is 1. The summed E-state index contributed by atoms with van der Waals surface area (Å²) in [6, 6.07) is 0. The molecule has 0 aromatic rings. The van der Waals surface area contributed by atoms with Crippen molar-refractivity contribution in [2.75, 3.05) is 46.4 Å². The standard InChI is InChI=1S/C10H17F3N2O3/c1-18-9(17)7-15-4-2-14(3-5-15)6-8(16)10(11,12)13/h8,16H,2-7H2,1H3/t8-/m0/s1. The Labute approximate surface area is 103 Å². The molecule has 0 amide bonds. The van der Waals surface area contributed by atoms with E-state index in [1.54, 1.807) is 0 Å². The molecule has 1 aliphatic heterocycles. The van der Waals surface area contributed by atoms with Gasteiger partial charge in [-0.05, 0) is 0 Å². The van der Waals surface area contributed by atoms with Crippen molar-refractivity contribution in [3.63, 3.8) is 0 Å². The molecule has 1 heterocycles. The lowest BCUT2D eigenvalue weighted by atomic mass is 10.2. The smallest absolute Gasteiger partial charge is 0.415 e. The Kier molecular flexibility index (Phi) is 5.36. The number of hydrogen-bond acceptors (Lipinski definition) is 5. The van der Waals surface area contributed by atoms with Crippen molar-refractivity contribution in [2.24, 2.45) is 0 Å². The van der Waals surface area contributed by atoms with Crippen molar-refractivity contribution in [1.82, 2.24) is 9.80 Å². The monoisotopic (exact) mass is 270 g/mol. The molecule has 1 aliphatic rings. The van der Waals surface area contributed by atoms with Crippen LogP contribution in [0.3, 0.4) is 0 Å². The maximum atomic E-state index is 12.2. The van der Waals surface area contributed by atoms with Gasteiger partial charge in [-0.15, -0.1) is 0 Å². The van der Waals surface area contributed by atoms with Gasteiger partial charge in [-0.2, -0.15) is 13.2 Å². The molecule has 1 N–H and O–H groups in total. The zero-order valence-electron chi connectivity index (χ0n) is 10.1. The minimum absolute atomic E-state index is 0.145. The summed E-state index contributed by atoms with van der Waals surface area (Å²) >= 11 is 0. The van der Waals surface area contributed by atoms with Crippen LogP contribution in [0.2, 0.25) is 0 Å². The minimum atomic E-state index is -4.58. The summed E-state index contributed by atoms with van der Waals surface area (Å²) in [4.78, 5) is 14.3. The van der Waals surface area contributed by atoms with E-state index >= 15 is 0 Å². The molecule has 0 saturated carbocycles. The predicted octanol–water partition coefficient (Wildman–Crippen LogP) is -0.300. The number of piperazine rings is 1. The van der Waals surface area contributed by atoms with E-state index in [0.717, 1.165) is 0 Å². The van der Waals surface area contributed by atoms with E-state index < -0.39 is 18.8 Å². The van der Waals surface area contributed by atoms with Crippen molar-refractivity contribution in [3.05, 3.63) is 0 Å². The average molecular weight is 270 g/mol. The Morgan fingerprint density at radius 1 is 1.28 bits per heavy atom. The van der Waals surface area contributed by atoms with Crippen molar-refractivity contribution in [1.29, 1.82) is 0 Å². The van der Waals surface area contributed by atoms with Crippen LogP contribution in [-0.2, 0) is 9.53 Å². The van der Waals surface area contributed by atoms with Gasteiger partial charge in [0.2, 0.25) is 0 Å². The quantitative estimate of drug-likeness (QED) is 0.711. The average Bonchev–Trinajstić information content (AvgIpc) is 2.30. The highest BCUT2D eigenvalue weighted by Crippen LogP contribution is 2.21. The summed E-state index contributed by atoms with van der Waals surface area (Å²) in [5, 5.41) is 8.93. The first-order valence-corrected chi connectivity index (χ1v) is 5.59. The van der Waals surface area contributed by atoms with Crippen LogP contribution in [-0.4, -0.2) is 79.5 Å². The first kappa shape index (κ1) is 15.2. The van der Waals surface area contributed by atoms with Gasteiger partial charge in [-0.1, -0.05) is 0 Å². The molecular weight excluding hydrogens is 253 g/mol. The van der Waals surface area contributed by atoms with Crippen LogP contribution in [0.15, 0.2) is 0 Å². The Balaban J connectivity index is 2.29. The molecule has 5 nitrogen and oxygen atoms in total. The largest absolute Gasteiger partial charge is 0.468 e. The number of nitrogens with zero attached hydrogens (tertiary/aromatic N) is 2. The summed E-state index contributed by atoms with van der Waals surface area (Å²) in [6.07, 6.45) is -6.90.